The lowest BCUT2D eigenvalue weighted by Crippen LogP contribution is -2.21. The number of hydrogen-bond acceptors (Lipinski definition) is 6. The van der Waals surface area contributed by atoms with Crippen LogP contribution in [0, 0.1) is 5.82 Å². The van der Waals surface area contributed by atoms with Crippen molar-refractivity contribution in [3.05, 3.63) is 18.1 Å². The maximum atomic E-state index is 13.0. The van der Waals surface area contributed by atoms with Gasteiger partial charge in [0.05, 0.1) is 18.3 Å². The molecule has 0 aliphatic heterocycles. The molecule has 4 N–H and O–H groups in total. The SMILES string of the molecule is CC(CO)Nc1nc(N)nc2cc(F)cnc12. The minimum absolute atomic E-state index is 0.0255. The maximum absolute atomic E-state index is 13.0. The van der Waals surface area contributed by atoms with Gasteiger partial charge in [-0.25, -0.2) is 14.4 Å². The lowest BCUT2D eigenvalue weighted by Gasteiger charge is -2.13. The zero-order valence-corrected chi connectivity index (χ0v) is 9.18. The molecule has 7 heteroatoms. The van der Waals surface area contributed by atoms with Crippen LogP contribution in [0.2, 0.25) is 0 Å². The number of nitrogens with zero attached hydrogens (tertiary/aromatic N) is 3. The molecule has 2 aromatic heterocycles. The van der Waals surface area contributed by atoms with Crippen LogP contribution in [0.5, 0.6) is 0 Å². The highest BCUT2D eigenvalue weighted by atomic mass is 19.1. The van der Waals surface area contributed by atoms with Crippen LogP contribution < -0.4 is 11.1 Å². The van der Waals surface area contributed by atoms with E-state index in [-0.39, 0.29) is 18.6 Å². The maximum Gasteiger partial charge on any atom is 0.222 e. The zero-order chi connectivity index (χ0) is 12.4. The summed E-state index contributed by atoms with van der Waals surface area (Å²) in [5, 5.41) is 11.9. The smallest absolute Gasteiger partial charge is 0.222 e. The first-order chi connectivity index (χ1) is 8.10. The number of pyridine rings is 1. The van der Waals surface area contributed by atoms with Gasteiger partial charge >= 0.3 is 0 Å². The highest BCUT2D eigenvalue weighted by Gasteiger charge is 2.10. The highest BCUT2D eigenvalue weighted by molar-refractivity contribution is 5.86. The molecule has 0 amide bonds. The van der Waals surface area contributed by atoms with Crippen molar-refractivity contribution in [2.75, 3.05) is 17.7 Å². The van der Waals surface area contributed by atoms with Gasteiger partial charge in [-0.3, -0.25) is 0 Å². The third-order valence-electron chi connectivity index (χ3n) is 2.18. The van der Waals surface area contributed by atoms with E-state index in [1.54, 1.807) is 6.92 Å². The largest absolute Gasteiger partial charge is 0.394 e. The van der Waals surface area contributed by atoms with E-state index in [0.717, 1.165) is 6.20 Å². The number of nitrogens with two attached hydrogens (primary N) is 1. The predicted molar refractivity (Wildman–Crippen MR) is 61.9 cm³/mol. The molecule has 0 spiro atoms. The molecule has 0 bridgehead atoms. The molecular formula is C10H12FN5O. The van der Waals surface area contributed by atoms with Gasteiger partial charge in [-0.1, -0.05) is 0 Å². The van der Waals surface area contributed by atoms with Gasteiger partial charge in [0.15, 0.2) is 5.82 Å². The number of nitrogen functional groups attached to an aromatic ring is 1. The summed E-state index contributed by atoms with van der Waals surface area (Å²) in [6.07, 6.45) is 1.08. The van der Waals surface area contributed by atoms with Crippen LogP contribution >= 0.6 is 0 Å². The molecule has 2 rings (SSSR count). The number of aromatic nitrogens is 3. The van der Waals surface area contributed by atoms with Gasteiger partial charge in [0.1, 0.15) is 11.3 Å². The molecule has 0 aliphatic carbocycles. The first-order valence-electron chi connectivity index (χ1n) is 5.06. The third kappa shape index (κ3) is 2.39. The molecule has 0 aromatic carbocycles. The number of aliphatic hydroxyl groups is 1. The zero-order valence-electron chi connectivity index (χ0n) is 9.18. The second kappa shape index (κ2) is 4.46. The molecule has 0 fully saturated rings. The van der Waals surface area contributed by atoms with Crippen molar-refractivity contribution in [2.24, 2.45) is 0 Å². The first-order valence-corrected chi connectivity index (χ1v) is 5.06. The Hall–Kier alpha value is -2.02. The molecule has 1 unspecified atom stereocenters. The van der Waals surface area contributed by atoms with Crippen molar-refractivity contribution in [1.29, 1.82) is 0 Å². The number of rotatable bonds is 3. The average molecular weight is 237 g/mol. The van der Waals surface area contributed by atoms with Gasteiger partial charge < -0.3 is 16.2 Å². The molecule has 17 heavy (non-hydrogen) atoms. The summed E-state index contributed by atoms with van der Waals surface area (Å²) in [7, 11) is 0. The minimum Gasteiger partial charge on any atom is -0.394 e. The van der Waals surface area contributed by atoms with Crippen molar-refractivity contribution in [3.8, 4) is 0 Å². The van der Waals surface area contributed by atoms with E-state index >= 15 is 0 Å². The van der Waals surface area contributed by atoms with Gasteiger partial charge in [0.25, 0.3) is 0 Å². The molecule has 6 nitrogen and oxygen atoms in total. The molecule has 0 saturated carbocycles. The minimum atomic E-state index is -0.489. The van der Waals surface area contributed by atoms with E-state index in [4.69, 9.17) is 10.8 Å². The predicted octanol–water partition coefficient (Wildman–Crippen LogP) is 0.539. The number of halogens is 1. The molecule has 2 heterocycles. The number of aliphatic hydroxyl groups excluding tert-OH is 1. The Kier molecular flexibility index (Phi) is 3.01. The highest BCUT2D eigenvalue weighted by Crippen LogP contribution is 2.19. The number of nitrogens with one attached hydrogen (secondary N) is 1. The summed E-state index contributed by atoms with van der Waals surface area (Å²) in [6.45, 7) is 1.71. The van der Waals surface area contributed by atoms with Gasteiger partial charge in [-0.15, -0.1) is 0 Å². The summed E-state index contributed by atoms with van der Waals surface area (Å²) < 4.78 is 13.0. The van der Waals surface area contributed by atoms with E-state index in [0.29, 0.717) is 16.9 Å². The Morgan fingerprint density at radius 1 is 1.53 bits per heavy atom. The average Bonchev–Trinajstić information content (AvgIpc) is 2.27. The van der Waals surface area contributed by atoms with Gasteiger partial charge in [0.2, 0.25) is 5.95 Å². The Morgan fingerprint density at radius 3 is 3.00 bits per heavy atom. The monoisotopic (exact) mass is 237 g/mol. The second-order valence-corrected chi connectivity index (χ2v) is 3.68. The van der Waals surface area contributed by atoms with Crippen molar-refractivity contribution in [2.45, 2.75) is 13.0 Å². The van der Waals surface area contributed by atoms with Crippen LogP contribution in [0.1, 0.15) is 6.92 Å². The number of hydrogen-bond donors (Lipinski definition) is 3. The van der Waals surface area contributed by atoms with Gasteiger partial charge in [-0.2, -0.15) is 4.98 Å². The quantitative estimate of drug-likeness (QED) is 0.720. The second-order valence-electron chi connectivity index (χ2n) is 3.68. The summed E-state index contributed by atoms with van der Waals surface area (Å²) in [6, 6.07) is 1.02. The summed E-state index contributed by atoms with van der Waals surface area (Å²) >= 11 is 0. The van der Waals surface area contributed by atoms with Gasteiger partial charge in [0, 0.05) is 12.1 Å². The van der Waals surface area contributed by atoms with Crippen molar-refractivity contribution >= 4 is 22.8 Å². The fraction of sp³-hybridized carbons (Fsp3) is 0.300. The lowest BCUT2D eigenvalue weighted by molar-refractivity contribution is 0.281. The fourth-order valence-corrected chi connectivity index (χ4v) is 1.39. The van der Waals surface area contributed by atoms with Crippen molar-refractivity contribution in [1.82, 2.24) is 15.0 Å². The number of anilines is 2. The summed E-state index contributed by atoms with van der Waals surface area (Å²) in [5.41, 5.74) is 6.26. The molecule has 0 saturated heterocycles. The van der Waals surface area contributed by atoms with Crippen molar-refractivity contribution < 1.29 is 9.50 Å². The first kappa shape index (κ1) is 11.5. The summed E-state index contributed by atoms with van der Waals surface area (Å²) in [5.74, 6) is -0.0802. The molecule has 1 atom stereocenters. The van der Waals surface area contributed by atoms with Crippen LogP contribution in [-0.2, 0) is 0 Å². The van der Waals surface area contributed by atoms with Crippen LogP contribution in [0.3, 0.4) is 0 Å². The Bertz CT molecular complexity index is 542. The van der Waals surface area contributed by atoms with Crippen molar-refractivity contribution in [3.63, 3.8) is 0 Å². The Balaban J connectivity index is 2.53. The van der Waals surface area contributed by atoms with E-state index < -0.39 is 5.82 Å². The Morgan fingerprint density at radius 2 is 2.29 bits per heavy atom. The molecule has 0 aliphatic rings. The van der Waals surface area contributed by atoms with E-state index in [1.807, 2.05) is 0 Å². The standard InChI is InChI=1S/C10H12FN5O/c1-5(4-17)14-9-8-7(15-10(12)16-9)2-6(11)3-13-8/h2-3,5,17H,4H2,1H3,(H3,12,14,15,16). The van der Waals surface area contributed by atoms with Gasteiger partial charge in [-0.05, 0) is 6.92 Å². The van der Waals surface area contributed by atoms with E-state index in [9.17, 15) is 4.39 Å². The lowest BCUT2D eigenvalue weighted by atomic mass is 10.3. The van der Waals surface area contributed by atoms with E-state index in [1.165, 1.54) is 6.07 Å². The number of fused-ring (bicyclic) bond motifs is 1. The van der Waals surface area contributed by atoms with Crippen LogP contribution in [0.25, 0.3) is 11.0 Å². The molecule has 0 radical (unpaired) electrons. The van der Waals surface area contributed by atoms with Crippen LogP contribution in [0.15, 0.2) is 12.3 Å². The molecular weight excluding hydrogens is 225 g/mol. The fourth-order valence-electron chi connectivity index (χ4n) is 1.39. The molecule has 2 aromatic rings. The normalized spacial score (nSPS) is 12.6. The Labute approximate surface area is 96.7 Å². The summed E-state index contributed by atoms with van der Waals surface area (Å²) in [4.78, 5) is 11.8. The third-order valence-corrected chi connectivity index (χ3v) is 2.18. The topological polar surface area (TPSA) is 97.0 Å². The van der Waals surface area contributed by atoms with Crippen LogP contribution in [0.4, 0.5) is 16.2 Å². The van der Waals surface area contributed by atoms with E-state index in [2.05, 4.69) is 20.3 Å². The van der Waals surface area contributed by atoms with Crippen LogP contribution in [-0.4, -0.2) is 32.7 Å². The molecule has 90 valence electrons.